The lowest BCUT2D eigenvalue weighted by molar-refractivity contribution is 1.18. The Morgan fingerprint density at radius 3 is 2.31 bits per heavy atom. The van der Waals surface area contributed by atoms with Crippen molar-refractivity contribution in [2.45, 2.75) is 0 Å². The highest BCUT2D eigenvalue weighted by atomic mass is 15.0. The lowest BCUT2D eigenvalue weighted by Gasteiger charge is -2.11. The Hall–Kier alpha value is -4.82. The third kappa shape index (κ3) is 2.73. The zero-order valence-electron chi connectivity index (χ0n) is 27.0. The summed E-state index contributed by atoms with van der Waals surface area (Å²) >= 11 is 0. The topological polar surface area (TPSA) is 20.7 Å². The van der Waals surface area contributed by atoms with Crippen molar-refractivity contribution in [1.82, 2.24) is 9.55 Å². The van der Waals surface area contributed by atoms with Crippen molar-refractivity contribution in [2.24, 2.45) is 0 Å². The van der Waals surface area contributed by atoms with Gasteiger partial charge in [-0.25, -0.2) is 0 Å². The van der Waals surface area contributed by atoms with E-state index in [4.69, 9.17) is 9.60 Å². The van der Waals surface area contributed by atoms with Crippen molar-refractivity contribution in [3.05, 3.63) is 127 Å². The molecule has 2 aromatic heterocycles. The average molecular weight is 467 g/mol. The van der Waals surface area contributed by atoms with Gasteiger partial charge >= 0.3 is 0 Å². The molecule has 0 spiro atoms. The van der Waals surface area contributed by atoms with E-state index in [0.717, 1.165) is 49.4 Å². The van der Waals surface area contributed by atoms with Gasteiger partial charge in [0.05, 0.1) is 22.0 Å². The first-order chi connectivity index (χ1) is 21.2. The summed E-state index contributed by atoms with van der Waals surface area (Å²) in [7, 11) is 0. The molecule has 0 aliphatic heterocycles. The molecule has 0 atom stereocenters. The number of H-pyrrole nitrogens is 1. The molecular weight excluding hydrogens is 436 g/mol. The Bertz CT molecular complexity index is 2520. The Morgan fingerprint density at radius 1 is 0.583 bits per heavy atom. The molecule has 0 aliphatic rings. The van der Waals surface area contributed by atoms with E-state index in [1.54, 1.807) is 4.57 Å². The van der Waals surface area contributed by atoms with Gasteiger partial charge in [0.1, 0.15) is 0 Å². The van der Waals surface area contributed by atoms with Crippen LogP contribution in [0.3, 0.4) is 0 Å². The fourth-order valence-electron chi connectivity index (χ4n) is 5.35. The maximum absolute atomic E-state index is 9.40. The van der Waals surface area contributed by atoms with Gasteiger partial charge in [-0.05, 0) is 58.2 Å². The number of aromatic amines is 1. The molecule has 0 amide bonds. The predicted octanol–water partition coefficient (Wildman–Crippen LogP) is 9.24. The number of hydrogen-bond acceptors (Lipinski definition) is 0. The quantitative estimate of drug-likeness (QED) is 0.262. The first-order valence-corrected chi connectivity index (χ1v) is 11.7. The van der Waals surface area contributed by atoms with E-state index in [-0.39, 0.29) is 41.0 Å². The van der Waals surface area contributed by atoms with Crippen LogP contribution in [0.1, 0.15) is 11.0 Å². The van der Waals surface area contributed by atoms with Gasteiger partial charge in [0.15, 0.2) is 0 Å². The number of fused-ring (bicyclic) bond motifs is 8. The summed E-state index contributed by atoms with van der Waals surface area (Å²) in [4.78, 5) is 3.48. The van der Waals surface area contributed by atoms with Crippen LogP contribution in [0.4, 0.5) is 0 Å². The summed E-state index contributed by atoms with van der Waals surface area (Å²) in [6.07, 6.45) is 0. The van der Waals surface area contributed by atoms with Crippen LogP contribution in [0.25, 0.3) is 71.2 Å². The van der Waals surface area contributed by atoms with Crippen molar-refractivity contribution in [1.29, 1.82) is 0 Å². The van der Waals surface area contributed by atoms with Crippen LogP contribution in [0.5, 0.6) is 0 Å². The third-order valence-electron chi connectivity index (χ3n) is 6.90. The second-order valence-electron chi connectivity index (χ2n) is 8.88. The Balaban J connectivity index is 1.59. The Morgan fingerprint density at radius 2 is 1.39 bits per heavy atom. The molecule has 0 saturated carbocycles. The monoisotopic (exact) mass is 466 g/mol. The van der Waals surface area contributed by atoms with Gasteiger partial charge in [0.2, 0.25) is 0 Å². The van der Waals surface area contributed by atoms with Gasteiger partial charge in [-0.15, -0.1) is 0 Å². The molecule has 168 valence electrons. The minimum atomic E-state index is -0.486. The van der Waals surface area contributed by atoms with E-state index >= 15 is 0 Å². The van der Waals surface area contributed by atoms with Crippen molar-refractivity contribution in [3.63, 3.8) is 0 Å². The molecule has 2 nitrogen and oxygen atoms in total. The zero-order chi connectivity index (χ0) is 30.6. The molecule has 0 radical (unpaired) electrons. The van der Waals surface area contributed by atoms with Crippen molar-refractivity contribution in [2.75, 3.05) is 0 Å². The minimum absolute atomic E-state index is 0.0347. The first-order valence-electron chi connectivity index (χ1n) is 15.7. The van der Waals surface area contributed by atoms with E-state index in [1.807, 2.05) is 60.7 Å². The first kappa shape index (κ1) is 13.3. The van der Waals surface area contributed by atoms with Gasteiger partial charge in [-0.2, -0.15) is 0 Å². The summed E-state index contributed by atoms with van der Waals surface area (Å²) in [5.74, 6) is 0. The van der Waals surface area contributed by atoms with E-state index in [1.165, 1.54) is 0 Å². The minimum Gasteiger partial charge on any atom is -0.354 e. The van der Waals surface area contributed by atoms with Crippen LogP contribution in [-0.4, -0.2) is 9.55 Å². The predicted molar refractivity (Wildman–Crippen MR) is 153 cm³/mol. The van der Waals surface area contributed by atoms with Gasteiger partial charge in [0.25, 0.3) is 0 Å². The second-order valence-corrected chi connectivity index (χ2v) is 8.88. The van der Waals surface area contributed by atoms with Crippen LogP contribution in [0.2, 0.25) is 0 Å². The summed E-state index contributed by atoms with van der Waals surface area (Å²) < 4.78 is 71.2. The van der Waals surface area contributed by atoms with Crippen molar-refractivity contribution in [3.8, 4) is 16.8 Å². The van der Waals surface area contributed by atoms with E-state index < -0.39 is 24.2 Å². The Labute approximate surface area is 219 Å². The molecule has 2 heteroatoms. The standard InChI is InChI=1S/C34H22N2/c1-2-9-22(10-3-1)24-12-8-13-25(19-24)36-32-18-17-23-11-4-5-14-26(23)34(32)29-20-28-27-15-6-7-16-30(27)35-31(28)21-33(29)36/h1-21,35H/i2D,3D,8D,9D,10D,12D,13D,19D. The summed E-state index contributed by atoms with van der Waals surface area (Å²) in [5, 5.41) is 5.89. The highest BCUT2D eigenvalue weighted by Gasteiger charge is 2.17. The molecule has 0 saturated heterocycles. The molecule has 36 heavy (non-hydrogen) atoms. The van der Waals surface area contributed by atoms with Gasteiger partial charge in [-0.3, -0.25) is 0 Å². The summed E-state index contributed by atoms with van der Waals surface area (Å²) in [6, 6.07) is 22.1. The number of nitrogens with one attached hydrogen (secondary N) is 1. The normalized spacial score (nSPS) is 15.0. The molecule has 0 unspecified atom stereocenters. The molecule has 2 heterocycles. The second kappa shape index (κ2) is 7.34. The van der Waals surface area contributed by atoms with Crippen LogP contribution >= 0.6 is 0 Å². The molecule has 0 fully saturated rings. The van der Waals surface area contributed by atoms with Crippen LogP contribution < -0.4 is 0 Å². The highest BCUT2D eigenvalue weighted by molar-refractivity contribution is 6.25. The number of nitrogens with zero attached hydrogens (tertiary/aromatic N) is 1. The maximum Gasteiger partial charge on any atom is 0.0651 e. The molecule has 8 aromatic rings. The van der Waals surface area contributed by atoms with Gasteiger partial charge in [0, 0.05) is 38.3 Å². The van der Waals surface area contributed by atoms with Crippen LogP contribution in [0, 0.1) is 0 Å². The van der Waals surface area contributed by atoms with Crippen molar-refractivity contribution >= 4 is 54.4 Å². The molecular formula is C34H22N2. The Kier molecular flexibility index (Phi) is 2.71. The average Bonchev–Trinajstić information content (AvgIpc) is 3.54. The third-order valence-corrected chi connectivity index (χ3v) is 6.90. The van der Waals surface area contributed by atoms with E-state index in [9.17, 15) is 1.37 Å². The van der Waals surface area contributed by atoms with Crippen LogP contribution in [-0.2, 0) is 0 Å². The molecule has 1 N–H and O–H groups in total. The van der Waals surface area contributed by atoms with Gasteiger partial charge < -0.3 is 9.55 Å². The van der Waals surface area contributed by atoms with Crippen LogP contribution in [0.15, 0.2) is 127 Å². The maximum atomic E-state index is 9.40. The smallest absolute Gasteiger partial charge is 0.0651 e. The number of benzene rings is 6. The molecule has 8 rings (SSSR count). The van der Waals surface area contributed by atoms with Gasteiger partial charge in [-0.1, -0.05) is 90.9 Å². The molecule has 6 aromatic carbocycles. The lowest BCUT2D eigenvalue weighted by atomic mass is 10.0. The number of para-hydroxylation sites is 1. The summed E-state index contributed by atoms with van der Waals surface area (Å²) in [5.41, 5.74) is 2.82. The molecule has 0 aliphatic carbocycles. The van der Waals surface area contributed by atoms with E-state index in [2.05, 4.69) is 17.1 Å². The largest absolute Gasteiger partial charge is 0.354 e. The van der Waals surface area contributed by atoms with E-state index in [0.29, 0.717) is 11.0 Å². The lowest BCUT2D eigenvalue weighted by Crippen LogP contribution is -1.94. The summed E-state index contributed by atoms with van der Waals surface area (Å²) in [6.45, 7) is 0. The number of aromatic nitrogens is 2. The fraction of sp³-hybridized carbons (Fsp3) is 0. The zero-order valence-corrected chi connectivity index (χ0v) is 19.0. The number of rotatable bonds is 2. The highest BCUT2D eigenvalue weighted by Crippen LogP contribution is 2.40. The molecule has 0 bridgehead atoms. The van der Waals surface area contributed by atoms with Crippen molar-refractivity contribution < 1.29 is 11.0 Å². The fourth-order valence-corrected chi connectivity index (χ4v) is 5.35. The SMILES string of the molecule is [2H]c1cc([2H])c([2H])c(-c2c([2H])c([2H])c([2H])c(-n3c4cc5[nH]c6ccccc6c5cc4c4c5ccccc5ccc43)c2[2H])c1[2H]. The number of hydrogen-bond donors (Lipinski definition) is 1.